The second-order valence-corrected chi connectivity index (χ2v) is 5.00. The van der Waals surface area contributed by atoms with Gasteiger partial charge in [0.15, 0.2) is 0 Å². The van der Waals surface area contributed by atoms with Crippen molar-refractivity contribution in [2.45, 2.75) is 25.5 Å². The van der Waals surface area contributed by atoms with Gasteiger partial charge in [0.2, 0.25) is 0 Å². The van der Waals surface area contributed by atoms with Crippen LogP contribution in [-0.2, 0) is 4.79 Å². The van der Waals surface area contributed by atoms with Gasteiger partial charge in [-0.2, -0.15) is 0 Å². The lowest BCUT2D eigenvalue weighted by atomic mass is 10.1. The first kappa shape index (κ1) is 13.4. The van der Waals surface area contributed by atoms with Gasteiger partial charge in [-0.1, -0.05) is 6.92 Å². The minimum atomic E-state index is -0.773. The van der Waals surface area contributed by atoms with Crippen LogP contribution in [-0.4, -0.2) is 71.9 Å². The summed E-state index contributed by atoms with van der Waals surface area (Å²) in [6.45, 7) is 3.68. The van der Waals surface area contributed by atoms with E-state index in [0.717, 1.165) is 13.0 Å². The zero-order valence-corrected chi connectivity index (χ0v) is 10.3. The molecule has 1 heterocycles. The minimum Gasteiger partial charge on any atom is -0.481 e. The molecule has 5 nitrogen and oxygen atoms in total. The molecule has 3 unspecified atom stereocenters. The van der Waals surface area contributed by atoms with Crippen LogP contribution in [0.2, 0.25) is 0 Å². The molecule has 1 fully saturated rings. The van der Waals surface area contributed by atoms with Crippen molar-refractivity contribution in [2.24, 2.45) is 5.92 Å². The average molecular weight is 230 g/mol. The van der Waals surface area contributed by atoms with Crippen LogP contribution in [0.4, 0.5) is 0 Å². The van der Waals surface area contributed by atoms with E-state index in [2.05, 4.69) is 9.80 Å². The van der Waals surface area contributed by atoms with E-state index in [9.17, 15) is 9.90 Å². The van der Waals surface area contributed by atoms with E-state index >= 15 is 0 Å². The predicted molar refractivity (Wildman–Crippen MR) is 61.3 cm³/mol. The summed E-state index contributed by atoms with van der Waals surface area (Å²) in [4.78, 5) is 15.0. The number of nitrogens with zero attached hydrogens (tertiary/aromatic N) is 2. The molecule has 0 aromatic rings. The van der Waals surface area contributed by atoms with Crippen LogP contribution in [0.5, 0.6) is 0 Å². The Bertz CT molecular complexity index is 245. The van der Waals surface area contributed by atoms with Crippen LogP contribution in [0.15, 0.2) is 0 Å². The minimum absolute atomic E-state index is 0.270. The summed E-state index contributed by atoms with van der Waals surface area (Å²) in [7, 11) is 3.98. The lowest BCUT2D eigenvalue weighted by Gasteiger charge is -2.27. The molecule has 1 aliphatic heterocycles. The summed E-state index contributed by atoms with van der Waals surface area (Å²) in [6.07, 6.45) is 0.427. The Morgan fingerprint density at radius 1 is 1.56 bits per heavy atom. The quantitative estimate of drug-likeness (QED) is 0.679. The van der Waals surface area contributed by atoms with Gasteiger partial charge in [0.05, 0.1) is 12.0 Å². The summed E-state index contributed by atoms with van der Waals surface area (Å²) >= 11 is 0. The summed E-state index contributed by atoms with van der Waals surface area (Å²) in [5.74, 6) is -1.15. The molecule has 1 rings (SSSR count). The number of carboxylic acids is 1. The fourth-order valence-electron chi connectivity index (χ4n) is 2.22. The maximum atomic E-state index is 10.8. The molecule has 0 radical (unpaired) electrons. The monoisotopic (exact) mass is 230 g/mol. The number of likely N-dealkylation sites (N-methyl/N-ethyl adjacent to an activating group) is 1. The molecule has 0 bridgehead atoms. The second kappa shape index (κ2) is 5.61. The second-order valence-electron chi connectivity index (χ2n) is 5.00. The first-order valence-corrected chi connectivity index (χ1v) is 5.69. The zero-order chi connectivity index (χ0) is 12.3. The number of likely N-dealkylation sites (tertiary alicyclic amines) is 1. The lowest BCUT2D eigenvalue weighted by molar-refractivity contribution is -0.141. The molecule has 3 atom stereocenters. The van der Waals surface area contributed by atoms with Crippen LogP contribution in [0, 0.1) is 5.92 Å². The Labute approximate surface area is 96.7 Å². The molecule has 0 aliphatic carbocycles. The molecule has 0 aromatic carbocycles. The Balaban J connectivity index is 2.52. The number of hydrogen-bond acceptors (Lipinski definition) is 4. The molecule has 16 heavy (non-hydrogen) atoms. The molecule has 1 aliphatic rings. The van der Waals surface area contributed by atoms with Crippen molar-refractivity contribution in [3.8, 4) is 0 Å². The molecule has 1 saturated heterocycles. The number of β-amino-alcohol motifs (C(OH)–C–C–N with tert-alkyl or cyclic N) is 1. The molecule has 0 amide bonds. The van der Waals surface area contributed by atoms with E-state index in [0.29, 0.717) is 13.1 Å². The topological polar surface area (TPSA) is 64.0 Å². The maximum Gasteiger partial charge on any atom is 0.307 e. The van der Waals surface area contributed by atoms with Gasteiger partial charge in [0.1, 0.15) is 0 Å². The fourth-order valence-corrected chi connectivity index (χ4v) is 2.22. The number of aliphatic hydroxyl groups is 1. The standard InChI is InChI=1S/C11H22N2O3/c1-8(11(15)16)5-13-7-10(14)4-9(13)6-12(2)3/h8-10,14H,4-7H2,1-3H3,(H,15,16). The van der Waals surface area contributed by atoms with E-state index in [-0.39, 0.29) is 18.1 Å². The van der Waals surface area contributed by atoms with Crippen LogP contribution in [0.1, 0.15) is 13.3 Å². The molecule has 5 heteroatoms. The van der Waals surface area contributed by atoms with Gasteiger partial charge in [-0.25, -0.2) is 0 Å². The third-order valence-corrected chi connectivity index (χ3v) is 3.01. The Kier molecular flexibility index (Phi) is 4.70. The molecule has 2 N–H and O–H groups in total. The van der Waals surface area contributed by atoms with Crippen LogP contribution < -0.4 is 0 Å². The molecule has 0 spiro atoms. The first-order chi connectivity index (χ1) is 7.40. The van der Waals surface area contributed by atoms with E-state index in [1.807, 2.05) is 14.1 Å². The number of hydrogen-bond donors (Lipinski definition) is 2. The molecule has 0 saturated carbocycles. The van der Waals surface area contributed by atoms with Crippen molar-refractivity contribution in [2.75, 3.05) is 33.7 Å². The highest BCUT2D eigenvalue weighted by atomic mass is 16.4. The van der Waals surface area contributed by atoms with Crippen molar-refractivity contribution >= 4 is 5.97 Å². The highest BCUT2D eigenvalue weighted by Crippen LogP contribution is 2.19. The Hall–Kier alpha value is -0.650. The largest absolute Gasteiger partial charge is 0.481 e. The van der Waals surface area contributed by atoms with E-state index in [1.165, 1.54) is 0 Å². The van der Waals surface area contributed by atoms with Crippen molar-refractivity contribution < 1.29 is 15.0 Å². The van der Waals surface area contributed by atoms with Crippen LogP contribution >= 0.6 is 0 Å². The van der Waals surface area contributed by atoms with Crippen molar-refractivity contribution in [3.63, 3.8) is 0 Å². The lowest BCUT2D eigenvalue weighted by Crippen LogP contribution is -2.41. The molecule has 94 valence electrons. The van der Waals surface area contributed by atoms with Crippen molar-refractivity contribution in [1.82, 2.24) is 9.80 Å². The third kappa shape index (κ3) is 3.73. The van der Waals surface area contributed by atoms with Crippen LogP contribution in [0.3, 0.4) is 0 Å². The van der Waals surface area contributed by atoms with Gasteiger partial charge in [-0.15, -0.1) is 0 Å². The Morgan fingerprint density at radius 3 is 2.69 bits per heavy atom. The van der Waals surface area contributed by atoms with Crippen molar-refractivity contribution in [1.29, 1.82) is 0 Å². The zero-order valence-electron chi connectivity index (χ0n) is 10.3. The van der Waals surface area contributed by atoms with Gasteiger partial charge in [-0.05, 0) is 20.5 Å². The fraction of sp³-hybridized carbons (Fsp3) is 0.909. The SMILES string of the molecule is CC(CN1CC(O)CC1CN(C)C)C(=O)O. The van der Waals surface area contributed by atoms with E-state index < -0.39 is 5.97 Å². The van der Waals surface area contributed by atoms with E-state index in [4.69, 9.17) is 5.11 Å². The summed E-state index contributed by atoms with van der Waals surface area (Å²) in [5, 5.41) is 18.5. The number of carbonyl (C=O) groups is 1. The summed E-state index contributed by atoms with van der Waals surface area (Å²) < 4.78 is 0. The van der Waals surface area contributed by atoms with Gasteiger partial charge in [-0.3, -0.25) is 9.69 Å². The van der Waals surface area contributed by atoms with Gasteiger partial charge in [0, 0.05) is 25.7 Å². The molecular formula is C11H22N2O3. The first-order valence-electron chi connectivity index (χ1n) is 5.69. The smallest absolute Gasteiger partial charge is 0.307 e. The number of aliphatic carboxylic acids is 1. The van der Waals surface area contributed by atoms with E-state index in [1.54, 1.807) is 6.92 Å². The van der Waals surface area contributed by atoms with Crippen molar-refractivity contribution in [3.05, 3.63) is 0 Å². The van der Waals surface area contributed by atoms with Gasteiger partial charge < -0.3 is 15.1 Å². The molecular weight excluding hydrogens is 208 g/mol. The predicted octanol–water partition coefficient (Wildman–Crippen LogP) is -0.296. The summed E-state index contributed by atoms with van der Waals surface area (Å²) in [6, 6.07) is 0.270. The third-order valence-electron chi connectivity index (χ3n) is 3.01. The maximum absolute atomic E-state index is 10.8. The van der Waals surface area contributed by atoms with Gasteiger partial charge >= 0.3 is 5.97 Å². The highest BCUT2D eigenvalue weighted by molar-refractivity contribution is 5.69. The average Bonchev–Trinajstić information content (AvgIpc) is 2.45. The number of rotatable bonds is 5. The van der Waals surface area contributed by atoms with Gasteiger partial charge in [0.25, 0.3) is 0 Å². The number of carboxylic acid groups (broad SMARTS) is 1. The highest BCUT2D eigenvalue weighted by Gasteiger charge is 2.32. The summed E-state index contributed by atoms with van der Waals surface area (Å²) in [5.41, 5.74) is 0. The van der Waals surface area contributed by atoms with Crippen LogP contribution in [0.25, 0.3) is 0 Å². The molecule has 0 aromatic heterocycles. The number of aliphatic hydroxyl groups excluding tert-OH is 1. The normalized spacial score (nSPS) is 28.6. The Morgan fingerprint density at radius 2 is 2.19 bits per heavy atom.